The molecule has 0 aromatic heterocycles. The number of likely N-dealkylation sites (tertiary alicyclic amines) is 1. The summed E-state index contributed by atoms with van der Waals surface area (Å²) in [5, 5.41) is 10.3. The van der Waals surface area contributed by atoms with E-state index in [0.29, 0.717) is 26.1 Å². The number of rotatable bonds is 2. The van der Waals surface area contributed by atoms with E-state index in [0.717, 1.165) is 0 Å². The smallest absolute Gasteiger partial charge is 0.235 e. The number of carbonyl (C=O) groups is 2. The minimum Gasteiger partial charge on any atom is -0.388 e. The number of imide groups is 1. The molecule has 0 spiro atoms. The van der Waals surface area contributed by atoms with Gasteiger partial charge in [0.1, 0.15) is 0 Å². The van der Waals surface area contributed by atoms with E-state index in [1.165, 1.54) is 4.90 Å². The summed E-state index contributed by atoms with van der Waals surface area (Å²) in [4.78, 5) is 25.0. The van der Waals surface area contributed by atoms with E-state index in [4.69, 9.17) is 4.74 Å². The molecule has 2 saturated heterocycles. The molecule has 2 amide bonds. The summed E-state index contributed by atoms with van der Waals surface area (Å²) < 4.78 is 5.18. The topological polar surface area (TPSA) is 66.8 Å². The minimum absolute atomic E-state index is 0.109. The van der Waals surface area contributed by atoms with E-state index >= 15 is 0 Å². The number of amides is 2. The molecule has 2 aliphatic rings. The molecule has 5 nitrogen and oxygen atoms in total. The summed E-state index contributed by atoms with van der Waals surface area (Å²) in [7, 11) is 0. The second kappa shape index (κ2) is 4.07. The fraction of sp³-hybridized carbons (Fsp3) is 0.833. The Balaban J connectivity index is 2.08. The van der Waals surface area contributed by atoms with E-state index < -0.39 is 11.0 Å². The summed E-state index contributed by atoms with van der Waals surface area (Å²) >= 11 is 0. The molecule has 0 unspecified atom stereocenters. The third-order valence-electron chi connectivity index (χ3n) is 3.59. The maximum atomic E-state index is 12.0. The van der Waals surface area contributed by atoms with Crippen LogP contribution in [0.3, 0.4) is 0 Å². The van der Waals surface area contributed by atoms with Crippen LogP contribution in [0.15, 0.2) is 0 Å². The van der Waals surface area contributed by atoms with Crippen molar-refractivity contribution < 1.29 is 19.4 Å². The lowest BCUT2D eigenvalue weighted by atomic mass is 9.91. The Morgan fingerprint density at radius 1 is 1.29 bits per heavy atom. The van der Waals surface area contributed by atoms with Crippen LogP contribution in [0.1, 0.15) is 33.1 Å². The second-order valence-corrected chi connectivity index (χ2v) is 5.68. The zero-order chi connectivity index (χ0) is 12.7. The molecular weight excluding hydrogens is 222 g/mol. The van der Waals surface area contributed by atoms with Crippen molar-refractivity contribution in [3.8, 4) is 0 Å². The van der Waals surface area contributed by atoms with Crippen molar-refractivity contribution in [2.75, 3.05) is 19.8 Å². The molecule has 0 saturated carbocycles. The Hall–Kier alpha value is -0.940. The predicted octanol–water partition coefficient (Wildman–Crippen LogP) is 0.313. The van der Waals surface area contributed by atoms with E-state index in [1.54, 1.807) is 13.8 Å². The van der Waals surface area contributed by atoms with Gasteiger partial charge in [0.25, 0.3) is 0 Å². The first kappa shape index (κ1) is 12.5. The van der Waals surface area contributed by atoms with Gasteiger partial charge in [-0.3, -0.25) is 14.5 Å². The normalized spacial score (nSPS) is 27.6. The first-order valence-corrected chi connectivity index (χ1v) is 5.99. The molecule has 0 radical (unpaired) electrons. The van der Waals surface area contributed by atoms with Gasteiger partial charge in [-0.1, -0.05) is 13.8 Å². The lowest BCUT2D eigenvalue weighted by Crippen LogP contribution is -2.49. The highest BCUT2D eigenvalue weighted by Gasteiger charge is 2.47. The number of carbonyl (C=O) groups excluding carboxylic acids is 2. The van der Waals surface area contributed by atoms with Gasteiger partial charge in [-0.05, 0) is 0 Å². The fourth-order valence-electron chi connectivity index (χ4n) is 2.39. The monoisotopic (exact) mass is 241 g/mol. The van der Waals surface area contributed by atoms with E-state index in [2.05, 4.69) is 0 Å². The number of ether oxygens (including phenoxy) is 1. The summed E-state index contributed by atoms with van der Waals surface area (Å²) in [6.07, 6.45) is 1.19. The highest BCUT2D eigenvalue weighted by molar-refractivity contribution is 6.05. The molecule has 2 rings (SSSR count). The van der Waals surface area contributed by atoms with Crippen molar-refractivity contribution in [1.29, 1.82) is 0 Å². The Bertz CT molecular complexity index is 344. The summed E-state index contributed by atoms with van der Waals surface area (Å²) in [6, 6.07) is 0. The first-order valence-electron chi connectivity index (χ1n) is 5.99. The number of aliphatic hydroxyl groups is 1. The van der Waals surface area contributed by atoms with Crippen LogP contribution in [0, 0.1) is 5.41 Å². The second-order valence-electron chi connectivity index (χ2n) is 5.68. The van der Waals surface area contributed by atoms with Gasteiger partial charge in [-0.2, -0.15) is 0 Å². The van der Waals surface area contributed by atoms with Crippen LogP contribution in [0.2, 0.25) is 0 Å². The summed E-state index contributed by atoms with van der Waals surface area (Å²) in [5.41, 5.74) is -1.59. The maximum Gasteiger partial charge on any atom is 0.235 e. The molecular formula is C12H19NO4. The average Bonchev–Trinajstić information content (AvgIpc) is 2.42. The predicted molar refractivity (Wildman–Crippen MR) is 60.1 cm³/mol. The minimum atomic E-state index is -0.968. The third kappa shape index (κ3) is 2.35. The zero-order valence-corrected chi connectivity index (χ0v) is 10.4. The molecule has 96 valence electrons. The Morgan fingerprint density at radius 3 is 2.35 bits per heavy atom. The molecule has 2 heterocycles. The van der Waals surface area contributed by atoms with Crippen molar-refractivity contribution >= 4 is 11.8 Å². The van der Waals surface area contributed by atoms with Crippen LogP contribution in [0.25, 0.3) is 0 Å². The Kier molecular flexibility index (Phi) is 2.99. The molecule has 0 aliphatic carbocycles. The van der Waals surface area contributed by atoms with Crippen LogP contribution in [0.5, 0.6) is 0 Å². The van der Waals surface area contributed by atoms with Crippen LogP contribution >= 0.6 is 0 Å². The quantitative estimate of drug-likeness (QED) is 0.707. The van der Waals surface area contributed by atoms with Crippen LogP contribution < -0.4 is 0 Å². The van der Waals surface area contributed by atoms with Gasteiger partial charge in [0.05, 0.1) is 17.6 Å². The first-order chi connectivity index (χ1) is 7.84. The lowest BCUT2D eigenvalue weighted by molar-refractivity contribution is -0.148. The highest BCUT2D eigenvalue weighted by Crippen LogP contribution is 2.33. The summed E-state index contributed by atoms with van der Waals surface area (Å²) in [5.74, 6) is -0.359. The Morgan fingerprint density at radius 2 is 1.88 bits per heavy atom. The molecule has 0 atom stereocenters. The molecule has 0 aromatic rings. The standard InChI is InChI=1S/C12H19NO4/c1-11(2)7-9(14)13(10(11)15)8-12(16)3-5-17-6-4-12/h16H,3-8H2,1-2H3. The molecule has 2 fully saturated rings. The molecule has 1 N–H and O–H groups in total. The number of β-amino-alcohol motifs (C(OH)–C–C–N with tert-alkyl or cyclic N) is 1. The number of hydrogen-bond acceptors (Lipinski definition) is 4. The molecule has 17 heavy (non-hydrogen) atoms. The van der Waals surface area contributed by atoms with Crippen LogP contribution in [0.4, 0.5) is 0 Å². The van der Waals surface area contributed by atoms with E-state index in [9.17, 15) is 14.7 Å². The van der Waals surface area contributed by atoms with Crippen molar-refractivity contribution in [3.05, 3.63) is 0 Å². The summed E-state index contributed by atoms with van der Waals surface area (Å²) in [6.45, 7) is 4.60. The number of nitrogens with zero attached hydrogens (tertiary/aromatic N) is 1. The van der Waals surface area contributed by atoms with Gasteiger partial charge in [0.15, 0.2) is 0 Å². The number of hydrogen-bond donors (Lipinski definition) is 1. The highest BCUT2D eigenvalue weighted by atomic mass is 16.5. The molecule has 0 aromatic carbocycles. The van der Waals surface area contributed by atoms with Gasteiger partial charge >= 0.3 is 0 Å². The van der Waals surface area contributed by atoms with Crippen molar-refractivity contribution in [1.82, 2.24) is 4.90 Å². The third-order valence-corrected chi connectivity index (χ3v) is 3.59. The van der Waals surface area contributed by atoms with Crippen LogP contribution in [-0.2, 0) is 14.3 Å². The van der Waals surface area contributed by atoms with Crippen LogP contribution in [-0.4, -0.2) is 47.2 Å². The molecule has 0 bridgehead atoms. The molecule has 2 aliphatic heterocycles. The van der Waals surface area contributed by atoms with Gasteiger partial charge in [-0.25, -0.2) is 0 Å². The zero-order valence-electron chi connectivity index (χ0n) is 10.4. The van der Waals surface area contributed by atoms with E-state index in [-0.39, 0.29) is 24.8 Å². The van der Waals surface area contributed by atoms with Gasteiger partial charge < -0.3 is 9.84 Å². The van der Waals surface area contributed by atoms with Gasteiger partial charge in [-0.15, -0.1) is 0 Å². The molecule has 5 heteroatoms. The van der Waals surface area contributed by atoms with Gasteiger partial charge in [0, 0.05) is 32.5 Å². The Labute approximate surface area is 101 Å². The fourth-order valence-corrected chi connectivity index (χ4v) is 2.39. The lowest BCUT2D eigenvalue weighted by Gasteiger charge is -2.35. The maximum absolute atomic E-state index is 12.0. The SMILES string of the molecule is CC1(C)CC(=O)N(CC2(O)CCOCC2)C1=O. The van der Waals surface area contributed by atoms with Crippen molar-refractivity contribution in [2.45, 2.75) is 38.7 Å². The van der Waals surface area contributed by atoms with Crippen molar-refractivity contribution in [3.63, 3.8) is 0 Å². The van der Waals surface area contributed by atoms with Crippen molar-refractivity contribution in [2.24, 2.45) is 5.41 Å². The van der Waals surface area contributed by atoms with E-state index in [1.807, 2.05) is 0 Å². The van der Waals surface area contributed by atoms with Gasteiger partial charge in [0.2, 0.25) is 11.8 Å². The largest absolute Gasteiger partial charge is 0.388 e. The average molecular weight is 241 g/mol.